The highest BCUT2D eigenvalue weighted by molar-refractivity contribution is 5.90. The molecule has 0 unspecified atom stereocenters. The number of phenols is 1. The first-order chi connectivity index (χ1) is 16.1. The fourth-order valence-corrected chi connectivity index (χ4v) is 4.52. The summed E-state index contributed by atoms with van der Waals surface area (Å²) in [5, 5.41) is 9.39. The Labute approximate surface area is 204 Å². The number of nitrogens with two attached hydrogens (primary N) is 1. The molecular formula is C29H52N2O2. The lowest BCUT2D eigenvalue weighted by Crippen LogP contribution is -2.36. The Morgan fingerprint density at radius 3 is 1.30 bits per heavy atom. The summed E-state index contributed by atoms with van der Waals surface area (Å²) < 4.78 is 0. The number of benzene rings is 1. The third-order valence-electron chi connectivity index (χ3n) is 6.66. The molecule has 4 nitrogen and oxygen atoms in total. The minimum Gasteiger partial charge on any atom is -0.508 e. The van der Waals surface area contributed by atoms with Crippen LogP contribution in [0.4, 0.5) is 10.5 Å². The molecule has 2 amide bonds. The van der Waals surface area contributed by atoms with E-state index in [1.807, 2.05) is 0 Å². The quantitative estimate of drug-likeness (QED) is 0.169. The highest BCUT2D eigenvalue weighted by Gasteiger charge is 2.11. The normalized spacial score (nSPS) is 11.1. The number of anilines is 1. The van der Waals surface area contributed by atoms with Crippen LogP contribution >= 0.6 is 0 Å². The van der Waals surface area contributed by atoms with Crippen LogP contribution < -0.4 is 10.6 Å². The maximum absolute atomic E-state index is 11.7. The van der Waals surface area contributed by atoms with Crippen molar-refractivity contribution < 1.29 is 9.90 Å². The Morgan fingerprint density at radius 2 is 0.970 bits per heavy atom. The molecule has 190 valence electrons. The van der Waals surface area contributed by atoms with Gasteiger partial charge in [0.15, 0.2) is 0 Å². The molecule has 0 saturated heterocycles. The van der Waals surface area contributed by atoms with Crippen LogP contribution in [0, 0.1) is 0 Å². The first kappa shape index (κ1) is 29.3. The van der Waals surface area contributed by atoms with Crippen LogP contribution in [0.25, 0.3) is 0 Å². The zero-order chi connectivity index (χ0) is 24.0. The van der Waals surface area contributed by atoms with Gasteiger partial charge in [0.1, 0.15) is 5.75 Å². The highest BCUT2D eigenvalue weighted by atomic mass is 16.3. The molecule has 4 heteroatoms. The number of nitrogens with zero attached hydrogens (tertiary/aromatic N) is 1. The van der Waals surface area contributed by atoms with Gasteiger partial charge in [0.25, 0.3) is 0 Å². The molecule has 0 radical (unpaired) electrons. The Kier molecular flexibility index (Phi) is 18.5. The molecule has 0 saturated carbocycles. The van der Waals surface area contributed by atoms with E-state index in [4.69, 9.17) is 5.73 Å². The van der Waals surface area contributed by atoms with Gasteiger partial charge in [-0.05, 0) is 30.7 Å². The molecule has 1 aromatic carbocycles. The van der Waals surface area contributed by atoms with Gasteiger partial charge in [-0.25, -0.2) is 4.79 Å². The summed E-state index contributed by atoms with van der Waals surface area (Å²) in [5.74, 6) is 0.196. The number of rotatable bonds is 22. The lowest BCUT2D eigenvalue weighted by Gasteiger charge is -2.20. The van der Waals surface area contributed by atoms with Crippen LogP contribution in [0.15, 0.2) is 24.3 Å². The van der Waals surface area contributed by atoms with Crippen molar-refractivity contribution in [3.63, 3.8) is 0 Å². The topological polar surface area (TPSA) is 66.6 Å². The van der Waals surface area contributed by atoms with Crippen molar-refractivity contribution >= 4 is 11.7 Å². The van der Waals surface area contributed by atoms with E-state index in [0.717, 1.165) is 18.5 Å². The number of hydrogen-bond acceptors (Lipinski definition) is 2. The second kappa shape index (κ2) is 20.9. The molecule has 3 N–H and O–H groups in total. The lowest BCUT2D eigenvalue weighted by molar-refractivity contribution is 0.253. The van der Waals surface area contributed by atoms with Crippen LogP contribution in [-0.2, 0) is 0 Å². The second-order valence-electron chi connectivity index (χ2n) is 9.72. The van der Waals surface area contributed by atoms with E-state index in [1.165, 1.54) is 116 Å². The number of phenolic OH excluding ortho intramolecular Hbond substituents is 1. The Bertz CT molecular complexity index is 573. The largest absolute Gasteiger partial charge is 0.508 e. The minimum absolute atomic E-state index is 0.196. The van der Waals surface area contributed by atoms with E-state index in [-0.39, 0.29) is 5.75 Å². The van der Waals surface area contributed by atoms with E-state index >= 15 is 0 Å². The third-order valence-corrected chi connectivity index (χ3v) is 6.66. The molecule has 0 aliphatic carbocycles. The van der Waals surface area contributed by atoms with Gasteiger partial charge in [-0.1, -0.05) is 129 Å². The summed E-state index contributed by atoms with van der Waals surface area (Å²) in [6.45, 7) is 2.92. The summed E-state index contributed by atoms with van der Waals surface area (Å²) >= 11 is 0. The average Bonchev–Trinajstić information content (AvgIpc) is 2.81. The van der Waals surface area contributed by atoms with E-state index in [2.05, 4.69) is 6.92 Å². The number of carbonyl (C=O) groups is 1. The van der Waals surface area contributed by atoms with Gasteiger partial charge in [-0.15, -0.1) is 0 Å². The van der Waals surface area contributed by atoms with Crippen molar-refractivity contribution in [2.75, 3.05) is 11.4 Å². The molecule has 0 fully saturated rings. The first-order valence-electron chi connectivity index (χ1n) is 14.0. The van der Waals surface area contributed by atoms with Crippen molar-refractivity contribution in [3.05, 3.63) is 24.3 Å². The number of hydrogen-bond donors (Lipinski definition) is 2. The summed E-state index contributed by atoms with van der Waals surface area (Å²) in [5.41, 5.74) is 6.26. The van der Waals surface area contributed by atoms with E-state index in [1.54, 1.807) is 29.2 Å². The predicted octanol–water partition coefficient (Wildman–Crippen LogP) is 9.10. The van der Waals surface area contributed by atoms with Crippen molar-refractivity contribution in [2.24, 2.45) is 5.73 Å². The maximum atomic E-state index is 11.7. The third kappa shape index (κ3) is 16.5. The number of unbranched alkanes of at least 4 members (excludes halogenated alkanes) is 19. The van der Waals surface area contributed by atoms with Crippen molar-refractivity contribution in [1.82, 2.24) is 0 Å². The molecule has 1 rings (SSSR count). The molecule has 0 aromatic heterocycles. The Balaban J connectivity index is 1.84. The van der Waals surface area contributed by atoms with Gasteiger partial charge < -0.3 is 10.8 Å². The standard InChI is InChI=1S/C29H52N2O2/c1-2-3-4-5-6-7-8-9-10-11-12-13-14-15-16-17-18-19-20-21-26-31(29(30)33)27-22-24-28(32)25-23-27/h22-25,32H,2-21,26H2,1H3,(H2,30,33). The molecule has 0 aliphatic heterocycles. The van der Waals surface area contributed by atoms with Crippen molar-refractivity contribution in [3.8, 4) is 5.75 Å². The maximum Gasteiger partial charge on any atom is 0.319 e. The molecule has 33 heavy (non-hydrogen) atoms. The van der Waals surface area contributed by atoms with Gasteiger partial charge in [-0.2, -0.15) is 0 Å². The zero-order valence-electron chi connectivity index (χ0n) is 21.5. The molecule has 0 bridgehead atoms. The summed E-state index contributed by atoms with van der Waals surface area (Å²) in [7, 11) is 0. The van der Waals surface area contributed by atoms with Gasteiger partial charge in [-0.3, -0.25) is 4.90 Å². The molecule has 0 aliphatic rings. The lowest BCUT2D eigenvalue weighted by atomic mass is 10.0. The van der Waals surface area contributed by atoms with Crippen molar-refractivity contribution in [2.45, 2.75) is 135 Å². The molecule has 0 spiro atoms. The van der Waals surface area contributed by atoms with Crippen LogP contribution in [-0.4, -0.2) is 17.7 Å². The van der Waals surface area contributed by atoms with Gasteiger partial charge in [0, 0.05) is 12.2 Å². The fraction of sp³-hybridized carbons (Fsp3) is 0.759. The van der Waals surface area contributed by atoms with E-state index < -0.39 is 6.03 Å². The number of urea groups is 1. The Hall–Kier alpha value is -1.71. The van der Waals surface area contributed by atoms with Gasteiger partial charge >= 0.3 is 6.03 Å². The second-order valence-corrected chi connectivity index (χ2v) is 9.72. The number of primary amides is 1. The summed E-state index contributed by atoms with van der Waals surface area (Å²) in [6, 6.07) is 6.21. The van der Waals surface area contributed by atoms with Crippen LogP contribution in [0.1, 0.15) is 135 Å². The predicted molar refractivity (Wildman–Crippen MR) is 143 cm³/mol. The van der Waals surface area contributed by atoms with E-state index in [0.29, 0.717) is 6.54 Å². The van der Waals surface area contributed by atoms with Crippen LogP contribution in [0.3, 0.4) is 0 Å². The minimum atomic E-state index is -0.432. The summed E-state index contributed by atoms with van der Waals surface area (Å²) in [4.78, 5) is 13.3. The van der Waals surface area contributed by atoms with Crippen LogP contribution in [0.2, 0.25) is 0 Å². The smallest absolute Gasteiger partial charge is 0.319 e. The SMILES string of the molecule is CCCCCCCCCCCCCCCCCCCCCCN(C(N)=O)c1ccc(O)cc1. The fourth-order valence-electron chi connectivity index (χ4n) is 4.52. The Morgan fingerprint density at radius 1 is 0.636 bits per heavy atom. The van der Waals surface area contributed by atoms with E-state index in [9.17, 15) is 9.90 Å². The van der Waals surface area contributed by atoms with Gasteiger partial charge in [0.05, 0.1) is 0 Å². The molecule has 1 aromatic rings. The first-order valence-corrected chi connectivity index (χ1v) is 14.0. The summed E-state index contributed by atoms with van der Waals surface area (Å²) in [6.07, 6.45) is 27.2. The monoisotopic (exact) mass is 460 g/mol. The molecule has 0 atom stereocenters. The number of aromatic hydroxyl groups is 1. The van der Waals surface area contributed by atoms with Gasteiger partial charge in [0.2, 0.25) is 0 Å². The number of amides is 2. The zero-order valence-corrected chi connectivity index (χ0v) is 21.5. The highest BCUT2D eigenvalue weighted by Crippen LogP contribution is 2.19. The molecular weight excluding hydrogens is 408 g/mol. The number of carbonyl (C=O) groups excluding carboxylic acids is 1. The average molecular weight is 461 g/mol. The molecule has 0 heterocycles. The van der Waals surface area contributed by atoms with Crippen LogP contribution in [0.5, 0.6) is 5.75 Å². The van der Waals surface area contributed by atoms with Crippen molar-refractivity contribution in [1.29, 1.82) is 0 Å².